The number of amides is 2. The van der Waals surface area contributed by atoms with Crippen LogP contribution in [-0.4, -0.2) is 47.1 Å². The third-order valence-electron chi connectivity index (χ3n) is 2.61. The first-order valence-corrected chi connectivity index (χ1v) is 5.15. The average Bonchev–Trinajstić information content (AvgIpc) is 2.83. The molecule has 0 bridgehead atoms. The van der Waals surface area contributed by atoms with Crippen LogP contribution < -0.4 is 4.90 Å². The van der Waals surface area contributed by atoms with E-state index in [1.807, 2.05) is 6.92 Å². The lowest BCUT2D eigenvalue weighted by Gasteiger charge is -2.20. The zero-order valence-electron chi connectivity index (χ0n) is 9.25. The second-order valence-corrected chi connectivity index (χ2v) is 3.59. The quantitative estimate of drug-likeness (QED) is 0.790. The molecule has 2 unspecified atom stereocenters. The van der Waals surface area contributed by atoms with Crippen molar-refractivity contribution >= 4 is 11.7 Å². The van der Waals surface area contributed by atoms with Gasteiger partial charge < -0.3 is 14.8 Å². The van der Waals surface area contributed by atoms with E-state index in [-0.39, 0.29) is 6.03 Å². The van der Waals surface area contributed by atoms with Gasteiger partial charge in [-0.2, -0.15) is 0 Å². The number of likely N-dealkylation sites (N-methyl/N-ethyl adjacent to an activating group) is 1. The Morgan fingerprint density at radius 3 is 2.94 bits per heavy atom. The number of carbonyl (C=O) groups is 1. The van der Waals surface area contributed by atoms with Gasteiger partial charge in [-0.15, -0.1) is 0 Å². The molecule has 0 saturated carbocycles. The Morgan fingerprint density at radius 2 is 2.38 bits per heavy atom. The zero-order valence-corrected chi connectivity index (χ0v) is 9.25. The lowest BCUT2D eigenvalue weighted by atomic mass is 10.4. The standard InChI is InChI=1S/C10H15N3O3/c1-3-16-9-8(14)13(10(15)12(9)2)7-4-5-11-6-7/h4-6,8-9,11,14H,3H2,1-2H3. The second kappa shape index (κ2) is 4.15. The molecule has 2 N–H and O–H groups in total. The third kappa shape index (κ3) is 1.56. The highest BCUT2D eigenvalue weighted by molar-refractivity contribution is 5.94. The van der Waals surface area contributed by atoms with Crippen molar-refractivity contribution in [1.82, 2.24) is 9.88 Å². The third-order valence-corrected chi connectivity index (χ3v) is 2.61. The number of aromatic nitrogens is 1. The maximum Gasteiger partial charge on any atom is 0.328 e. The molecule has 0 spiro atoms. The van der Waals surface area contributed by atoms with Gasteiger partial charge in [-0.1, -0.05) is 0 Å². The summed E-state index contributed by atoms with van der Waals surface area (Å²) in [5.74, 6) is 0. The minimum Gasteiger partial charge on any atom is -0.369 e. The fourth-order valence-electron chi connectivity index (χ4n) is 1.82. The molecule has 1 fully saturated rings. The summed E-state index contributed by atoms with van der Waals surface area (Å²) in [7, 11) is 1.61. The van der Waals surface area contributed by atoms with Crippen LogP contribution in [0.25, 0.3) is 0 Å². The fraction of sp³-hybridized carbons (Fsp3) is 0.500. The van der Waals surface area contributed by atoms with Gasteiger partial charge in [-0.25, -0.2) is 4.79 Å². The molecular formula is C10H15N3O3. The number of ether oxygens (including phenoxy) is 1. The molecule has 6 nitrogen and oxygen atoms in total. The molecule has 2 atom stereocenters. The summed E-state index contributed by atoms with van der Waals surface area (Å²) in [5.41, 5.74) is 0.631. The van der Waals surface area contributed by atoms with E-state index in [1.165, 1.54) is 9.80 Å². The largest absolute Gasteiger partial charge is 0.369 e. The molecule has 0 aromatic carbocycles. The van der Waals surface area contributed by atoms with Crippen molar-refractivity contribution in [3.63, 3.8) is 0 Å². The second-order valence-electron chi connectivity index (χ2n) is 3.59. The molecular weight excluding hydrogens is 210 g/mol. The van der Waals surface area contributed by atoms with E-state index in [2.05, 4.69) is 4.98 Å². The number of nitrogens with one attached hydrogen (secondary N) is 1. The minimum atomic E-state index is -0.978. The van der Waals surface area contributed by atoms with Crippen molar-refractivity contribution in [3.05, 3.63) is 18.5 Å². The topological polar surface area (TPSA) is 68.8 Å². The Hall–Kier alpha value is -1.53. The number of nitrogens with zero attached hydrogens (tertiary/aromatic N) is 2. The molecule has 1 aromatic heterocycles. The Morgan fingerprint density at radius 1 is 1.62 bits per heavy atom. The molecule has 1 aliphatic heterocycles. The van der Waals surface area contributed by atoms with Crippen molar-refractivity contribution in [1.29, 1.82) is 0 Å². The molecule has 1 saturated heterocycles. The van der Waals surface area contributed by atoms with Crippen LogP contribution >= 0.6 is 0 Å². The summed E-state index contributed by atoms with van der Waals surface area (Å²) < 4.78 is 5.33. The average molecular weight is 225 g/mol. The van der Waals surface area contributed by atoms with E-state index in [0.29, 0.717) is 12.3 Å². The van der Waals surface area contributed by atoms with Crippen LogP contribution in [0, 0.1) is 0 Å². The van der Waals surface area contributed by atoms with Crippen LogP contribution in [0.5, 0.6) is 0 Å². The van der Waals surface area contributed by atoms with Gasteiger partial charge in [0.05, 0.1) is 5.69 Å². The van der Waals surface area contributed by atoms with Crippen LogP contribution in [0.4, 0.5) is 10.5 Å². The maximum absolute atomic E-state index is 11.9. The normalized spacial score (nSPS) is 25.6. The van der Waals surface area contributed by atoms with Crippen molar-refractivity contribution < 1.29 is 14.6 Å². The van der Waals surface area contributed by atoms with Crippen LogP contribution in [0.2, 0.25) is 0 Å². The number of aliphatic hydroxyl groups excluding tert-OH is 1. The van der Waals surface area contributed by atoms with E-state index in [9.17, 15) is 9.90 Å². The van der Waals surface area contributed by atoms with Gasteiger partial charge in [0, 0.05) is 26.0 Å². The van der Waals surface area contributed by atoms with Crippen LogP contribution in [-0.2, 0) is 4.74 Å². The summed E-state index contributed by atoms with van der Waals surface area (Å²) in [4.78, 5) is 17.4. The van der Waals surface area contributed by atoms with E-state index >= 15 is 0 Å². The summed E-state index contributed by atoms with van der Waals surface area (Å²) in [6, 6.07) is 1.45. The van der Waals surface area contributed by atoms with Gasteiger partial charge in [0.1, 0.15) is 0 Å². The summed E-state index contributed by atoms with van der Waals surface area (Å²) in [5, 5.41) is 10.0. The monoisotopic (exact) mass is 225 g/mol. The number of aliphatic hydroxyl groups is 1. The smallest absolute Gasteiger partial charge is 0.328 e. The van der Waals surface area contributed by atoms with Crippen LogP contribution in [0.15, 0.2) is 18.5 Å². The number of aromatic amines is 1. The summed E-state index contributed by atoms with van der Waals surface area (Å²) >= 11 is 0. The fourth-order valence-corrected chi connectivity index (χ4v) is 1.82. The molecule has 6 heteroatoms. The van der Waals surface area contributed by atoms with Crippen molar-refractivity contribution in [2.45, 2.75) is 19.4 Å². The molecule has 16 heavy (non-hydrogen) atoms. The molecule has 2 amide bonds. The van der Waals surface area contributed by atoms with Gasteiger partial charge >= 0.3 is 6.03 Å². The van der Waals surface area contributed by atoms with Gasteiger partial charge in [0.2, 0.25) is 0 Å². The van der Waals surface area contributed by atoms with Crippen LogP contribution in [0.1, 0.15) is 6.92 Å². The van der Waals surface area contributed by atoms with Crippen molar-refractivity contribution in [2.75, 3.05) is 18.6 Å². The van der Waals surface area contributed by atoms with Gasteiger partial charge in [0.15, 0.2) is 12.5 Å². The molecule has 2 heterocycles. The highest BCUT2D eigenvalue weighted by Crippen LogP contribution is 2.26. The van der Waals surface area contributed by atoms with E-state index in [4.69, 9.17) is 4.74 Å². The lowest BCUT2D eigenvalue weighted by molar-refractivity contribution is -0.0687. The predicted molar refractivity (Wildman–Crippen MR) is 57.9 cm³/mol. The molecule has 0 radical (unpaired) electrons. The number of carbonyl (C=O) groups excluding carboxylic acids is 1. The number of rotatable bonds is 3. The van der Waals surface area contributed by atoms with Crippen molar-refractivity contribution in [3.8, 4) is 0 Å². The predicted octanol–water partition coefficient (Wildman–Crippen LogP) is 0.568. The zero-order chi connectivity index (χ0) is 11.7. The first-order valence-electron chi connectivity index (χ1n) is 5.15. The van der Waals surface area contributed by atoms with Gasteiger partial charge in [0.25, 0.3) is 0 Å². The number of urea groups is 1. The molecule has 1 aromatic rings. The minimum absolute atomic E-state index is 0.273. The molecule has 0 aliphatic carbocycles. The lowest BCUT2D eigenvalue weighted by Crippen LogP contribution is -2.38. The Kier molecular flexibility index (Phi) is 2.84. The van der Waals surface area contributed by atoms with E-state index in [0.717, 1.165) is 0 Å². The highest BCUT2D eigenvalue weighted by Gasteiger charge is 2.44. The van der Waals surface area contributed by atoms with Gasteiger partial charge in [-0.3, -0.25) is 9.80 Å². The Labute approximate surface area is 93.4 Å². The number of anilines is 1. The first-order chi connectivity index (χ1) is 7.66. The van der Waals surface area contributed by atoms with E-state index in [1.54, 1.807) is 25.5 Å². The molecule has 2 rings (SSSR count). The number of hydrogen-bond acceptors (Lipinski definition) is 3. The molecule has 88 valence electrons. The SMILES string of the molecule is CCOC1C(O)N(c2cc[nH]c2)C(=O)N1C. The summed E-state index contributed by atoms with van der Waals surface area (Å²) in [6.07, 6.45) is 1.76. The highest BCUT2D eigenvalue weighted by atomic mass is 16.5. The Balaban J connectivity index is 2.25. The number of H-pyrrole nitrogens is 1. The summed E-state index contributed by atoms with van der Waals surface area (Å²) in [6.45, 7) is 2.27. The van der Waals surface area contributed by atoms with E-state index < -0.39 is 12.5 Å². The van der Waals surface area contributed by atoms with Crippen molar-refractivity contribution in [2.24, 2.45) is 0 Å². The first kappa shape index (κ1) is 11.0. The van der Waals surface area contributed by atoms with Gasteiger partial charge in [-0.05, 0) is 13.0 Å². The molecule has 1 aliphatic rings. The number of hydrogen-bond donors (Lipinski definition) is 2. The Bertz CT molecular complexity index is 365. The van der Waals surface area contributed by atoms with Crippen LogP contribution in [0.3, 0.4) is 0 Å². The maximum atomic E-state index is 11.9.